The van der Waals surface area contributed by atoms with Gasteiger partial charge < -0.3 is 9.84 Å². The van der Waals surface area contributed by atoms with Crippen LogP contribution < -0.4 is 5.32 Å². The van der Waals surface area contributed by atoms with Crippen LogP contribution in [0.2, 0.25) is 0 Å². The number of hydrogen-bond acceptors (Lipinski definition) is 4. The molecule has 30 heavy (non-hydrogen) atoms. The second-order valence-electron chi connectivity index (χ2n) is 10.9. The van der Waals surface area contributed by atoms with Crippen molar-refractivity contribution < 1.29 is 9.32 Å². The molecule has 4 fully saturated rings. The van der Waals surface area contributed by atoms with E-state index in [1.807, 2.05) is 12.1 Å². The van der Waals surface area contributed by atoms with Gasteiger partial charge in [-0.05, 0) is 74.2 Å². The Morgan fingerprint density at radius 2 is 1.83 bits per heavy atom. The van der Waals surface area contributed by atoms with Gasteiger partial charge in [-0.1, -0.05) is 42.8 Å². The minimum absolute atomic E-state index is 0.177. The highest BCUT2D eigenvalue weighted by atomic mass is 16.5. The Bertz CT molecular complexity index is 904. The number of carbonyl (C=O) groups is 1. The van der Waals surface area contributed by atoms with Gasteiger partial charge in [0.15, 0.2) is 0 Å². The van der Waals surface area contributed by atoms with Crippen LogP contribution in [0.25, 0.3) is 11.4 Å². The molecule has 0 spiro atoms. The summed E-state index contributed by atoms with van der Waals surface area (Å²) in [6.07, 6.45) is 7.82. The molecule has 4 saturated carbocycles. The van der Waals surface area contributed by atoms with Crippen LogP contribution in [0, 0.1) is 36.0 Å². The highest BCUT2D eigenvalue weighted by Gasteiger charge is 2.48. The summed E-state index contributed by atoms with van der Waals surface area (Å²) in [6.45, 7) is 6.27. The average molecular weight is 408 g/mol. The zero-order chi connectivity index (χ0) is 20.9. The molecule has 4 aliphatic carbocycles. The highest BCUT2D eigenvalue weighted by Crippen LogP contribution is 2.53. The third-order valence-electron chi connectivity index (χ3n) is 7.57. The maximum Gasteiger partial charge on any atom is 0.227 e. The van der Waals surface area contributed by atoms with Gasteiger partial charge in [0, 0.05) is 24.4 Å². The summed E-state index contributed by atoms with van der Waals surface area (Å²) in [7, 11) is 0. The van der Waals surface area contributed by atoms with E-state index in [9.17, 15) is 4.79 Å². The number of aromatic nitrogens is 2. The van der Waals surface area contributed by atoms with Gasteiger partial charge in [0.25, 0.3) is 0 Å². The summed E-state index contributed by atoms with van der Waals surface area (Å²) in [5.74, 6) is 4.66. The predicted molar refractivity (Wildman–Crippen MR) is 116 cm³/mol. The molecule has 1 N–H and O–H groups in total. The fraction of sp³-hybridized carbons (Fsp3) is 0.640. The van der Waals surface area contributed by atoms with Gasteiger partial charge in [-0.2, -0.15) is 4.98 Å². The molecule has 0 aliphatic heterocycles. The van der Waals surface area contributed by atoms with Gasteiger partial charge in [0.05, 0.1) is 0 Å². The lowest BCUT2D eigenvalue weighted by Gasteiger charge is -2.54. The maximum absolute atomic E-state index is 12.9. The van der Waals surface area contributed by atoms with E-state index in [2.05, 4.69) is 48.4 Å². The van der Waals surface area contributed by atoms with Gasteiger partial charge in [-0.15, -0.1) is 0 Å². The van der Waals surface area contributed by atoms with Crippen molar-refractivity contribution in [3.05, 3.63) is 35.7 Å². The van der Waals surface area contributed by atoms with E-state index in [0.29, 0.717) is 42.4 Å². The molecule has 5 nitrogen and oxygen atoms in total. The largest absolute Gasteiger partial charge is 0.353 e. The Labute approximate surface area is 179 Å². The van der Waals surface area contributed by atoms with Crippen molar-refractivity contribution in [2.45, 2.75) is 71.8 Å². The van der Waals surface area contributed by atoms with E-state index < -0.39 is 0 Å². The zero-order valence-electron chi connectivity index (χ0n) is 18.4. The molecule has 0 radical (unpaired) electrons. The first kappa shape index (κ1) is 19.8. The van der Waals surface area contributed by atoms with Crippen LogP contribution in [0.5, 0.6) is 0 Å². The van der Waals surface area contributed by atoms with Crippen molar-refractivity contribution in [3.8, 4) is 11.4 Å². The van der Waals surface area contributed by atoms with Crippen LogP contribution in [0.1, 0.15) is 63.8 Å². The van der Waals surface area contributed by atoms with Crippen molar-refractivity contribution in [2.75, 3.05) is 0 Å². The van der Waals surface area contributed by atoms with Crippen molar-refractivity contribution in [2.24, 2.45) is 29.1 Å². The van der Waals surface area contributed by atoms with Gasteiger partial charge in [-0.25, -0.2) is 0 Å². The summed E-state index contributed by atoms with van der Waals surface area (Å²) >= 11 is 0. The van der Waals surface area contributed by atoms with Crippen LogP contribution in [-0.2, 0) is 11.2 Å². The second kappa shape index (κ2) is 7.51. The van der Waals surface area contributed by atoms with E-state index in [-0.39, 0.29) is 11.3 Å². The number of nitrogens with one attached hydrogen (secondary N) is 1. The lowest BCUT2D eigenvalue weighted by Crippen LogP contribution is -2.56. The summed E-state index contributed by atoms with van der Waals surface area (Å²) < 4.78 is 5.51. The summed E-state index contributed by atoms with van der Waals surface area (Å²) in [5, 5.41) is 7.58. The van der Waals surface area contributed by atoms with Crippen molar-refractivity contribution in [1.29, 1.82) is 0 Å². The van der Waals surface area contributed by atoms with Crippen LogP contribution in [-0.4, -0.2) is 22.1 Å². The molecule has 0 atom stereocenters. The Morgan fingerprint density at radius 1 is 1.13 bits per heavy atom. The first-order chi connectivity index (χ1) is 14.3. The van der Waals surface area contributed by atoms with Crippen molar-refractivity contribution in [3.63, 3.8) is 0 Å². The molecule has 0 unspecified atom stereocenters. The monoisotopic (exact) mass is 407 g/mol. The fourth-order valence-electron chi connectivity index (χ4n) is 6.53. The molecule has 1 aromatic carbocycles. The Balaban J connectivity index is 1.19. The van der Waals surface area contributed by atoms with E-state index >= 15 is 0 Å². The summed E-state index contributed by atoms with van der Waals surface area (Å²) in [4.78, 5) is 17.5. The van der Waals surface area contributed by atoms with Crippen molar-refractivity contribution >= 4 is 5.91 Å². The molecule has 160 valence electrons. The van der Waals surface area contributed by atoms with Crippen LogP contribution in [0.15, 0.2) is 28.8 Å². The quantitative estimate of drug-likeness (QED) is 0.736. The molecule has 5 heteroatoms. The molecule has 6 rings (SSSR count). The number of amides is 1. The minimum atomic E-state index is -0.230. The standard InChI is InChI=1S/C25H33N3O2/c1-15-5-4-6-18(7-15)24-27-22(30-28-24)14-25(2,3)13-21(29)26-23-19-9-16-8-17(11-19)12-20(23)10-16/h4-7,16-17,19-20,23H,8-14H2,1-3H3,(H,26,29). The molecule has 0 saturated heterocycles. The molecular formula is C25H33N3O2. The first-order valence-electron chi connectivity index (χ1n) is 11.5. The lowest BCUT2D eigenvalue weighted by molar-refractivity contribution is -0.127. The van der Waals surface area contributed by atoms with Crippen LogP contribution >= 0.6 is 0 Å². The highest BCUT2D eigenvalue weighted by molar-refractivity contribution is 5.77. The molecule has 1 aromatic heterocycles. The Kier molecular flexibility index (Phi) is 4.95. The SMILES string of the molecule is Cc1cccc(-c2noc(CC(C)(C)CC(=O)NC3C4CC5CC(C4)CC3C5)n2)c1. The zero-order valence-corrected chi connectivity index (χ0v) is 18.4. The van der Waals surface area contributed by atoms with E-state index in [1.165, 1.54) is 37.7 Å². The number of carbonyl (C=O) groups excluding carboxylic acids is 1. The molecule has 1 heterocycles. The van der Waals surface area contributed by atoms with Gasteiger partial charge in [-0.3, -0.25) is 4.79 Å². The van der Waals surface area contributed by atoms with Crippen LogP contribution in [0.3, 0.4) is 0 Å². The minimum Gasteiger partial charge on any atom is -0.353 e. The molecular weight excluding hydrogens is 374 g/mol. The number of benzene rings is 1. The Morgan fingerprint density at radius 3 is 2.50 bits per heavy atom. The second-order valence-corrected chi connectivity index (χ2v) is 10.9. The summed E-state index contributed by atoms with van der Waals surface area (Å²) in [6, 6.07) is 8.50. The third-order valence-corrected chi connectivity index (χ3v) is 7.57. The molecule has 1 amide bonds. The third kappa shape index (κ3) is 4.03. The lowest BCUT2D eigenvalue weighted by atomic mass is 9.54. The fourth-order valence-corrected chi connectivity index (χ4v) is 6.53. The maximum atomic E-state index is 12.9. The Hall–Kier alpha value is -2.17. The number of rotatable bonds is 6. The van der Waals surface area contributed by atoms with Gasteiger partial charge >= 0.3 is 0 Å². The van der Waals surface area contributed by atoms with E-state index in [0.717, 1.165) is 17.4 Å². The smallest absolute Gasteiger partial charge is 0.227 e. The normalized spacial score (nSPS) is 29.9. The van der Waals surface area contributed by atoms with Gasteiger partial charge in [0.2, 0.25) is 17.6 Å². The first-order valence-corrected chi connectivity index (χ1v) is 11.5. The van der Waals surface area contributed by atoms with Crippen LogP contribution in [0.4, 0.5) is 0 Å². The van der Waals surface area contributed by atoms with Crippen molar-refractivity contribution in [1.82, 2.24) is 15.5 Å². The molecule has 2 aromatic rings. The number of aryl methyl sites for hydroxylation is 1. The average Bonchev–Trinajstić information content (AvgIpc) is 3.11. The molecule has 4 bridgehead atoms. The number of nitrogens with zero attached hydrogens (tertiary/aromatic N) is 2. The summed E-state index contributed by atoms with van der Waals surface area (Å²) in [5.41, 5.74) is 1.90. The topological polar surface area (TPSA) is 68.0 Å². The van der Waals surface area contributed by atoms with Gasteiger partial charge in [0.1, 0.15) is 0 Å². The van der Waals surface area contributed by atoms with E-state index in [1.54, 1.807) is 0 Å². The molecule has 4 aliphatic rings. The number of hydrogen-bond donors (Lipinski definition) is 1. The predicted octanol–water partition coefficient (Wildman–Crippen LogP) is 4.94. The van der Waals surface area contributed by atoms with E-state index in [4.69, 9.17) is 4.52 Å².